The molecule has 0 spiro atoms. The number of anilines is 1. The molecule has 0 bridgehead atoms. The molecule has 1 saturated heterocycles. The summed E-state index contributed by atoms with van der Waals surface area (Å²) in [6.45, 7) is 1.12. The number of aromatic nitrogens is 1. The molecule has 174 valence electrons. The van der Waals surface area contributed by atoms with Gasteiger partial charge in [0.25, 0.3) is 11.8 Å². The predicted octanol–water partition coefficient (Wildman–Crippen LogP) is 2.53. The van der Waals surface area contributed by atoms with Gasteiger partial charge in [-0.25, -0.2) is 12.8 Å². The number of halogens is 1. The highest BCUT2D eigenvalue weighted by molar-refractivity contribution is 7.89. The molecule has 0 unspecified atom stereocenters. The number of nitrogens with zero attached hydrogens (tertiary/aromatic N) is 4. The Morgan fingerprint density at radius 1 is 0.882 bits per heavy atom. The maximum Gasteiger partial charge on any atom is 0.280 e. The fraction of sp³-hybridized carbons (Fsp3) is 0.208. The van der Waals surface area contributed by atoms with Crippen molar-refractivity contribution in [1.29, 1.82) is 0 Å². The van der Waals surface area contributed by atoms with E-state index in [9.17, 15) is 22.4 Å². The summed E-state index contributed by atoms with van der Waals surface area (Å²) >= 11 is 0. The monoisotopic (exact) mass is 480 g/mol. The Bertz CT molecular complexity index is 1340. The van der Waals surface area contributed by atoms with Crippen LogP contribution in [0.4, 0.5) is 10.1 Å². The van der Waals surface area contributed by atoms with Crippen molar-refractivity contribution in [2.45, 2.75) is 11.4 Å². The summed E-state index contributed by atoms with van der Waals surface area (Å²) in [5.74, 6) is -1.88. The lowest BCUT2D eigenvalue weighted by Crippen LogP contribution is -2.48. The Balaban J connectivity index is 1.40. The summed E-state index contributed by atoms with van der Waals surface area (Å²) in [5.41, 5.74) is 1.36. The van der Waals surface area contributed by atoms with E-state index in [4.69, 9.17) is 0 Å². The molecule has 8 nitrogen and oxygen atoms in total. The lowest BCUT2D eigenvalue weighted by Gasteiger charge is -2.35. The minimum Gasteiger partial charge on any atom is -0.369 e. The van der Waals surface area contributed by atoms with Gasteiger partial charge >= 0.3 is 0 Å². The predicted molar refractivity (Wildman–Crippen MR) is 122 cm³/mol. The number of benzene rings is 2. The summed E-state index contributed by atoms with van der Waals surface area (Å²) in [4.78, 5) is 32.2. The topological polar surface area (TPSA) is 90.9 Å². The number of imide groups is 1. The summed E-state index contributed by atoms with van der Waals surface area (Å²) in [7, 11) is -4.06. The van der Waals surface area contributed by atoms with Crippen LogP contribution in [-0.4, -0.2) is 60.6 Å². The van der Waals surface area contributed by atoms with Gasteiger partial charge in [-0.2, -0.15) is 4.31 Å². The lowest BCUT2D eigenvalue weighted by molar-refractivity contribution is 0.0639. The van der Waals surface area contributed by atoms with Crippen molar-refractivity contribution >= 4 is 27.5 Å². The number of carbonyl (C=O) groups excluding carboxylic acids is 2. The van der Waals surface area contributed by atoms with Crippen molar-refractivity contribution in [3.63, 3.8) is 0 Å². The van der Waals surface area contributed by atoms with Gasteiger partial charge < -0.3 is 4.90 Å². The first-order valence-corrected chi connectivity index (χ1v) is 12.2. The van der Waals surface area contributed by atoms with Crippen molar-refractivity contribution in [2.24, 2.45) is 0 Å². The van der Waals surface area contributed by atoms with Gasteiger partial charge in [0.1, 0.15) is 11.5 Å². The van der Waals surface area contributed by atoms with Gasteiger partial charge in [-0.3, -0.25) is 19.5 Å². The van der Waals surface area contributed by atoms with E-state index >= 15 is 0 Å². The zero-order valence-corrected chi connectivity index (χ0v) is 18.9. The van der Waals surface area contributed by atoms with Gasteiger partial charge in [0, 0.05) is 38.1 Å². The number of rotatable bonds is 5. The van der Waals surface area contributed by atoms with Crippen molar-refractivity contribution < 1.29 is 22.4 Å². The molecular formula is C24H21FN4O4S. The molecule has 2 aliphatic heterocycles. The highest BCUT2D eigenvalue weighted by Gasteiger charge is 2.38. The zero-order valence-electron chi connectivity index (χ0n) is 18.1. The Morgan fingerprint density at radius 2 is 1.62 bits per heavy atom. The standard InChI is InChI=1S/C24H21FN4O4S/c25-18-9-8-17(16-29-23(30)20-7-4-10-26-22(20)24(29)31)21(15-18)34(32,33)28-13-11-27(12-14-28)19-5-2-1-3-6-19/h1-10,15H,11-14,16H2. The van der Waals surface area contributed by atoms with E-state index in [1.54, 1.807) is 6.07 Å². The van der Waals surface area contributed by atoms with E-state index in [0.29, 0.717) is 13.1 Å². The number of hydrogen-bond donors (Lipinski definition) is 0. The Labute approximate surface area is 196 Å². The fourth-order valence-corrected chi connectivity index (χ4v) is 5.94. The number of pyridine rings is 1. The highest BCUT2D eigenvalue weighted by Crippen LogP contribution is 2.28. The second-order valence-electron chi connectivity index (χ2n) is 8.07. The third-order valence-corrected chi connectivity index (χ3v) is 8.05. The van der Waals surface area contributed by atoms with E-state index in [-0.39, 0.29) is 41.4 Å². The Morgan fingerprint density at radius 3 is 2.32 bits per heavy atom. The maximum atomic E-state index is 14.2. The van der Waals surface area contributed by atoms with E-state index in [0.717, 1.165) is 22.7 Å². The smallest absolute Gasteiger partial charge is 0.280 e. The normalized spacial score (nSPS) is 16.7. The molecular weight excluding hydrogens is 459 g/mol. The number of piperazine rings is 1. The van der Waals surface area contributed by atoms with E-state index in [1.807, 2.05) is 30.3 Å². The lowest BCUT2D eigenvalue weighted by atomic mass is 10.2. The first-order chi connectivity index (χ1) is 16.4. The van der Waals surface area contributed by atoms with Gasteiger partial charge in [0.2, 0.25) is 10.0 Å². The number of carbonyl (C=O) groups is 2. The van der Waals surface area contributed by atoms with Gasteiger partial charge in [-0.15, -0.1) is 0 Å². The van der Waals surface area contributed by atoms with E-state index < -0.39 is 27.7 Å². The minimum atomic E-state index is -4.06. The molecule has 2 amide bonds. The zero-order chi connectivity index (χ0) is 23.9. The average molecular weight is 481 g/mol. The number of amides is 2. The molecule has 34 heavy (non-hydrogen) atoms. The Kier molecular flexibility index (Phi) is 5.62. The molecule has 0 radical (unpaired) electrons. The fourth-order valence-electron chi connectivity index (χ4n) is 4.29. The van der Waals surface area contributed by atoms with Crippen LogP contribution < -0.4 is 4.90 Å². The van der Waals surface area contributed by atoms with Crippen LogP contribution in [0.3, 0.4) is 0 Å². The number of para-hydroxylation sites is 1. The summed E-state index contributed by atoms with van der Waals surface area (Å²) in [6.07, 6.45) is 1.41. The Hall–Kier alpha value is -3.63. The quantitative estimate of drug-likeness (QED) is 0.522. The second-order valence-corrected chi connectivity index (χ2v) is 9.98. The molecule has 1 fully saturated rings. The first kappa shape index (κ1) is 22.2. The molecule has 5 rings (SSSR count). The first-order valence-electron chi connectivity index (χ1n) is 10.8. The van der Waals surface area contributed by atoms with E-state index in [1.165, 1.54) is 22.6 Å². The van der Waals surface area contributed by atoms with Crippen LogP contribution in [0.2, 0.25) is 0 Å². The summed E-state index contributed by atoms with van der Waals surface area (Å²) in [5, 5.41) is 0. The van der Waals surface area contributed by atoms with Crippen molar-refractivity contribution in [2.75, 3.05) is 31.1 Å². The van der Waals surface area contributed by atoms with Crippen LogP contribution in [0.25, 0.3) is 0 Å². The molecule has 0 saturated carbocycles. The highest BCUT2D eigenvalue weighted by atomic mass is 32.2. The molecule has 1 aromatic heterocycles. The third kappa shape index (κ3) is 3.84. The van der Waals surface area contributed by atoms with Gasteiger partial charge in [0.05, 0.1) is 17.0 Å². The molecule has 2 aromatic carbocycles. The van der Waals surface area contributed by atoms with Gasteiger partial charge in [-0.05, 0) is 42.0 Å². The summed E-state index contributed by atoms with van der Waals surface area (Å²) < 4.78 is 42.5. The van der Waals surface area contributed by atoms with Crippen LogP contribution in [0, 0.1) is 5.82 Å². The number of hydrogen-bond acceptors (Lipinski definition) is 6. The largest absolute Gasteiger partial charge is 0.369 e. The SMILES string of the molecule is O=C1c2cccnc2C(=O)N1Cc1ccc(F)cc1S(=O)(=O)N1CCN(c2ccccc2)CC1. The molecule has 3 aromatic rings. The number of sulfonamides is 1. The average Bonchev–Trinajstić information content (AvgIpc) is 3.10. The van der Waals surface area contributed by atoms with E-state index in [2.05, 4.69) is 9.88 Å². The van der Waals surface area contributed by atoms with Gasteiger partial charge in [0.15, 0.2) is 0 Å². The molecule has 10 heteroatoms. The van der Waals surface area contributed by atoms with Crippen LogP contribution >= 0.6 is 0 Å². The third-order valence-electron chi connectivity index (χ3n) is 6.07. The van der Waals surface area contributed by atoms with Crippen LogP contribution in [0.15, 0.2) is 71.8 Å². The van der Waals surface area contributed by atoms with Crippen LogP contribution in [0.5, 0.6) is 0 Å². The molecule has 2 aliphatic rings. The maximum absolute atomic E-state index is 14.2. The number of fused-ring (bicyclic) bond motifs is 1. The second kappa shape index (κ2) is 8.62. The minimum absolute atomic E-state index is 0.0241. The molecule has 0 atom stereocenters. The van der Waals surface area contributed by atoms with Crippen molar-refractivity contribution in [1.82, 2.24) is 14.2 Å². The van der Waals surface area contributed by atoms with Crippen molar-refractivity contribution in [3.05, 3.63) is 89.5 Å². The van der Waals surface area contributed by atoms with Crippen molar-refractivity contribution in [3.8, 4) is 0 Å². The van der Waals surface area contributed by atoms with Crippen LogP contribution in [0.1, 0.15) is 26.4 Å². The van der Waals surface area contributed by atoms with Crippen LogP contribution in [-0.2, 0) is 16.6 Å². The van der Waals surface area contributed by atoms with Gasteiger partial charge in [-0.1, -0.05) is 24.3 Å². The molecule has 0 aliphatic carbocycles. The summed E-state index contributed by atoms with van der Waals surface area (Å²) in [6, 6.07) is 16.1. The molecule has 0 N–H and O–H groups in total. The molecule has 3 heterocycles.